The summed E-state index contributed by atoms with van der Waals surface area (Å²) < 4.78 is 33.3. The Labute approximate surface area is 193 Å². The van der Waals surface area contributed by atoms with Gasteiger partial charge in [-0.3, -0.25) is 14.6 Å². The highest BCUT2D eigenvalue weighted by Crippen LogP contribution is 2.24. The summed E-state index contributed by atoms with van der Waals surface area (Å²) in [5, 5.41) is 2.67. The minimum absolute atomic E-state index is 0.000962. The first-order valence-corrected chi connectivity index (χ1v) is 12.4. The Bertz CT molecular complexity index is 1090. The number of nitrogens with one attached hydrogen (secondary N) is 1. The average molecular weight is 479 g/mol. The van der Waals surface area contributed by atoms with Gasteiger partial charge in [-0.2, -0.15) is 4.31 Å². The molecule has 3 rings (SSSR count). The molecule has 3 N–H and O–H groups in total. The van der Waals surface area contributed by atoms with E-state index in [0.717, 1.165) is 6.54 Å². The number of sulfonamides is 1. The molecule has 0 unspecified atom stereocenters. The molecule has 2 aliphatic rings. The van der Waals surface area contributed by atoms with E-state index in [9.17, 15) is 18.0 Å². The number of pyridine rings is 1. The molecule has 0 aliphatic carbocycles. The van der Waals surface area contributed by atoms with E-state index >= 15 is 0 Å². The molecule has 0 aromatic carbocycles. The number of primary amides is 1. The van der Waals surface area contributed by atoms with Gasteiger partial charge in [-0.25, -0.2) is 13.4 Å². The first-order valence-electron chi connectivity index (χ1n) is 11.0. The molecule has 1 saturated heterocycles. The minimum Gasteiger partial charge on any atom is -0.477 e. The molecular formula is C21H30N6O5S. The molecule has 2 aliphatic heterocycles. The molecule has 0 saturated carbocycles. The number of nitrogens with two attached hydrogens (primary N) is 1. The molecule has 2 amide bonds. The fraction of sp³-hybridized carbons (Fsp3) is 0.524. The number of nitrogens with zero attached hydrogens (tertiary/aromatic N) is 4. The Morgan fingerprint density at radius 2 is 1.88 bits per heavy atom. The number of aliphatic imine (C=N–C) groups is 1. The topological polar surface area (TPSA) is 147 Å². The number of likely N-dealkylation sites (N-methyl/N-ethyl adjacent to an activating group) is 1. The number of hydrogen-bond acceptors (Lipinski definition) is 8. The summed E-state index contributed by atoms with van der Waals surface area (Å²) >= 11 is 0. The van der Waals surface area contributed by atoms with E-state index in [-0.39, 0.29) is 40.8 Å². The van der Waals surface area contributed by atoms with Crippen LogP contribution in [-0.4, -0.2) is 86.0 Å². The van der Waals surface area contributed by atoms with Crippen LogP contribution in [0.15, 0.2) is 33.4 Å². The van der Waals surface area contributed by atoms with E-state index in [0.29, 0.717) is 38.3 Å². The Morgan fingerprint density at radius 1 is 1.18 bits per heavy atom. The van der Waals surface area contributed by atoms with Gasteiger partial charge < -0.3 is 20.7 Å². The maximum Gasteiger partial charge on any atom is 0.261 e. The van der Waals surface area contributed by atoms with Crippen LogP contribution in [-0.2, 0) is 14.8 Å². The second-order valence-corrected chi connectivity index (χ2v) is 9.52. The third-order valence-electron chi connectivity index (χ3n) is 5.66. The fourth-order valence-electron chi connectivity index (χ4n) is 3.75. The van der Waals surface area contributed by atoms with E-state index in [2.05, 4.69) is 20.2 Å². The zero-order chi connectivity index (χ0) is 24.2. The average Bonchev–Trinajstić information content (AvgIpc) is 3.22. The van der Waals surface area contributed by atoms with Crippen molar-refractivity contribution in [3.05, 3.63) is 29.1 Å². The van der Waals surface area contributed by atoms with Crippen LogP contribution in [0.25, 0.3) is 0 Å². The molecule has 1 aromatic rings. The van der Waals surface area contributed by atoms with Crippen LogP contribution in [0.4, 0.5) is 0 Å². The van der Waals surface area contributed by atoms with Gasteiger partial charge in [0, 0.05) is 26.2 Å². The lowest BCUT2D eigenvalue weighted by Crippen LogP contribution is -2.48. The van der Waals surface area contributed by atoms with Crippen molar-refractivity contribution in [2.24, 2.45) is 10.7 Å². The van der Waals surface area contributed by atoms with Gasteiger partial charge in [-0.1, -0.05) is 13.8 Å². The normalized spacial score (nSPS) is 17.7. The summed E-state index contributed by atoms with van der Waals surface area (Å²) in [6, 6.07) is 1.26. The van der Waals surface area contributed by atoms with Crippen molar-refractivity contribution in [3.8, 4) is 5.88 Å². The summed E-state index contributed by atoms with van der Waals surface area (Å²) in [7, 11) is -3.85. The van der Waals surface area contributed by atoms with Crippen molar-refractivity contribution < 1.29 is 22.7 Å². The van der Waals surface area contributed by atoms with Crippen molar-refractivity contribution in [2.45, 2.75) is 32.1 Å². The number of carbonyl (C=O) groups is 2. The van der Waals surface area contributed by atoms with E-state index in [1.165, 1.54) is 16.6 Å². The standard InChI is InChI=1S/C21H30N6O5S/c1-4-17-18(16(13-23-17)19(22)28)25-20(29)15-11-14(12-24-21(15)32-6-3)33(30,31)27-9-7-26(5-2)8-10-27/h11-12H,4-10,13H2,1-3H3,(H2,22,28)(H,25,29). The van der Waals surface area contributed by atoms with Crippen molar-refractivity contribution in [2.75, 3.05) is 45.9 Å². The second-order valence-electron chi connectivity index (χ2n) is 7.58. The third-order valence-corrected chi connectivity index (χ3v) is 7.52. The Hall–Kier alpha value is -2.83. The molecule has 12 heteroatoms. The van der Waals surface area contributed by atoms with Gasteiger partial charge in [-0.05, 0) is 26.0 Å². The zero-order valence-electron chi connectivity index (χ0n) is 19.1. The van der Waals surface area contributed by atoms with Crippen LogP contribution in [0.5, 0.6) is 5.88 Å². The molecule has 180 valence electrons. The molecule has 0 atom stereocenters. The van der Waals surface area contributed by atoms with Gasteiger partial charge in [0.1, 0.15) is 10.5 Å². The van der Waals surface area contributed by atoms with Crippen molar-refractivity contribution in [3.63, 3.8) is 0 Å². The van der Waals surface area contributed by atoms with Crippen molar-refractivity contribution in [1.29, 1.82) is 0 Å². The van der Waals surface area contributed by atoms with Gasteiger partial charge in [0.05, 0.1) is 36.3 Å². The van der Waals surface area contributed by atoms with E-state index < -0.39 is 21.8 Å². The number of rotatable bonds is 9. The van der Waals surface area contributed by atoms with Gasteiger partial charge >= 0.3 is 0 Å². The maximum absolute atomic E-state index is 13.2. The first-order chi connectivity index (χ1) is 15.7. The van der Waals surface area contributed by atoms with Crippen molar-refractivity contribution in [1.82, 2.24) is 19.5 Å². The highest BCUT2D eigenvalue weighted by molar-refractivity contribution is 7.89. The summed E-state index contributed by atoms with van der Waals surface area (Å²) in [5.41, 5.74) is 6.37. The summed E-state index contributed by atoms with van der Waals surface area (Å²) in [6.45, 7) is 8.76. The zero-order valence-corrected chi connectivity index (χ0v) is 19.9. The number of carbonyl (C=O) groups excluding carboxylic acids is 2. The molecule has 3 heterocycles. The largest absolute Gasteiger partial charge is 0.477 e. The van der Waals surface area contributed by atoms with Gasteiger partial charge in [0.2, 0.25) is 21.8 Å². The fourth-order valence-corrected chi connectivity index (χ4v) is 5.14. The third kappa shape index (κ3) is 5.23. The molecular weight excluding hydrogens is 448 g/mol. The molecule has 33 heavy (non-hydrogen) atoms. The number of allylic oxidation sites excluding steroid dienone is 1. The number of piperazine rings is 1. The number of hydrogen-bond donors (Lipinski definition) is 2. The summed E-state index contributed by atoms with van der Waals surface area (Å²) in [4.78, 5) is 35.4. The predicted octanol–water partition coefficient (Wildman–Crippen LogP) is 0.140. The van der Waals surface area contributed by atoms with E-state index in [1.807, 2.05) is 13.8 Å². The van der Waals surface area contributed by atoms with Crippen LogP contribution in [0, 0.1) is 0 Å². The first kappa shape index (κ1) is 24.8. The lowest BCUT2D eigenvalue weighted by atomic mass is 10.1. The number of aromatic nitrogens is 1. The quantitative estimate of drug-likeness (QED) is 0.513. The lowest BCUT2D eigenvalue weighted by molar-refractivity contribution is -0.114. The highest BCUT2D eigenvalue weighted by atomic mass is 32.2. The van der Waals surface area contributed by atoms with Crippen LogP contribution in [0.2, 0.25) is 0 Å². The van der Waals surface area contributed by atoms with Crippen LogP contribution >= 0.6 is 0 Å². The Kier molecular flexibility index (Phi) is 7.82. The SMILES string of the molecule is CCOc1ncc(S(=O)(=O)N2CCN(CC)CC2)cc1C(=O)NC1=C(C(N)=O)CN=C1CC. The van der Waals surface area contributed by atoms with Gasteiger partial charge in [0.25, 0.3) is 5.91 Å². The highest BCUT2D eigenvalue weighted by Gasteiger charge is 2.31. The monoisotopic (exact) mass is 478 g/mol. The predicted molar refractivity (Wildman–Crippen MR) is 123 cm³/mol. The van der Waals surface area contributed by atoms with Crippen molar-refractivity contribution >= 4 is 27.5 Å². The molecule has 11 nitrogen and oxygen atoms in total. The number of ether oxygens (including phenoxy) is 1. The van der Waals surface area contributed by atoms with Gasteiger partial charge in [0.15, 0.2) is 0 Å². The van der Waals surface area contributed by atoms with E-state index in [4.69, 9.17) is 10.5 Å². The molecule has 1 aromatic heterocycles. The Balaban J connectivity index is 1.93. The summed E-state index contributed by atoms with van der Waals surface area (Å²) in [5.74, 6) is -1.34. The minimum atomic E-state index is -3.85. The Morgan fingerprint density at radius 3 is 2.45 bits per heavy atom. The van der Waals surface area contributed by atoms with Gasteiger partial charge in [-0.15, -0.1) is 0 Å². The lowest BCUT2D eigenvalue weighted by Gasteiger charge is -2.33. The van der Waals surface area contributed by atoms with Crippen LogP contribution in [0.3, 0.4) is 0 Å². The molecule has 0 spiro atoms. The maximum atomic E-state index is 13.2. The second kappa shape index (κ2) is 10.4. The number of amides is 2. The van der Waals surface area contributed by atoms with Crippen LogP contribution < -0.4 is 15.8 Å². The molecule has 0 radical (unpaired) electrons. The molecule has 1 fully saturated rings. The van der Waals surface area contributed by atoms with Crippen LogP contribution in [0.1, 0.15) is 37.6 Å². The smallest absolute Gasteiger partial charge is 0.261 e. The molecule has 0 bridgehead atoms. The van der Waals surface area contributed by atoms with E-state index in [1.54, 1.807) is 6.92 Å². The summed E-state index contributed by atoms with van der Waals surface area (Å²) in [6.07, 6.45) is 1.69.